The standard InChI is InChI=1S/C10H18N4O5/c1-5(9(17)14-6(2)10(18)19)13-8(16)4-12-7(15)3-11/h5-6H,3-4,11H2,1-2H3,(H,12,15)(H,13,16)(H,14,17)(H,18,19). The van der Waals surface area contributed by atoms with Gasteiger partial charge in [0, 0.05) is 0 Å². The third-order valence-electron chi connectivity index (χ3n) is 2.13. The zero-order valence-electron chi connectivity index (χ0n) is 10.7. The molecule has 19 heavy (non-hydrogen) atoms. The first-order chi connectivity index (χ1) is 8.77. The molecule has 0 saturated carbocycles. The lowest BCUT2D eigenvalue weighted by Gasteiger charge is -2.16. The summed E-state index contributed by atoms with van der Waals surface area (Å²) < 4.78 is 0. The normalized spacial score (nSPS) is 13.0. The summed E-state index contributed by atoms with van der Waals surface area (Å²) in [5.74, 6) is -2.88. The molecule has 0 aromatic carbocycles. The first-order valence-corrected chi connectivity index (χ1v) is 5.57. The van der Waals surface area contributed by atoms with Gasteiger partial charge in [-0.2, -0.15) is 0 Å². The Hall–Kier alpha value is -2.16. The topological polar surface area (TPSA) is 151 Å². The van der Waals surface area contributed by atoms with Crippen LogP contribution in [0.1, 0.15) is 13.8 Å². The van der Waals surface area contributed by atoms with Crippen LogP contribution in [0, 0.1) is 0 Å². The lowest BCUT2D eigenvalue weighted by molar-refractivity contribution is -0.141. The van der Waals surface area contributed by atoms with Gasteiger partial charge in [0.1, 0.15) is 12.1 Å². The number of carbonyl (C=O) groups is 4. The molecular formula is C10H18N4O5. The summed E-state index contributed by atoms with van der Waals surface area (Å²) in [6, 6.07) is -1.96. The molecular weight excluding hydrogens is 256 g/mol. The number of amides is 3. The minimum atomic E-state index is -1.18. The fourth-order valence-electron chi connectivity index (χ4n) is 1.01. The summed E-state index contributed by atoms with van der Waals surface area (Å²) >= 11 is 0. The van der Waals surface area contributed by atoms with Gasteiger partial charge in [-0.1, -0.05) is 0 Å². The largest absolute Gasteiger partial charge is 0.480 e. The van der Waals surface area contributed by atoms with Gasteiger partial charge in [-0.05, 0) is 13.8 Å². The van der Waals surface area contributed by atoms with Crippen LogP contribution in [0.5, 0.6) is 0 Å². The Kier molecular flexibility index (Phi) is 7.12. The molecule has 0 spiro atoms. The molecule has 0 bridgehead atoms. The fourth-order valence-corrected chi connectivity index (χ4v) is 1.01. The first-order valence-electron chi connectivity index (χ1n) is 5.57. The highest BCUT2D eigenvalue weighted by Crippen LogP contribution is 1.87. The molecule has 0 rings (SSSR count). The van der Waals surface area contributed by atoms with Gasteiger partial charge >= 0.3 is 5.97 Å². The van der Waals surface area contributed by atoms with Crippen LogP contribution in [0.2, 0.25) is 0 Å². The average Bonchev–Trinajstić information content (AvgIpc) is 2.35. The van der Waals surface area contributed by atoms with Crippen LogP contribution in [0.3, 0.4) is 0 Å². The third kappa shape index (κ3) is 6.99. The highest BCUT2D eigenvalue weighted by Gasteiger charge is 2.20. The molecule has 0 heterocycles. The molecule has 2 unspecified atom stereocenters. The number of nitrogens with one attached hydrogen (secondary N) is 3. The van der Waals surface area contributed by atoms with E-state index in [0.717, 1.165) is 0 Å². The van der Waals surface area contributed by atoms with E-state index in [1.165, 1.54) is 13.8 Å². The Morgan fingerprint density at radius 1 is 1.05 bits per heavy atom. The molecule has 0 radical (unpaired) electrons. The molecule has 0 aliphatic rings. The van der Waals surface area contributed by atoms with Gasteiger partial charge in [-0.15, -0.1) is 0 Å². The minimum absolute atomic E-state index is 0.237. The average molecular weight is 274 g/mol. The van der Waals surface area contributed by atoms with E-state index < -0.39 is 35.8 Å². The van der Waals surface area contributed by atoms with E-state index in [2.05, 4.69) is 16.0 Å². The number of hydrogen-bond acceptors (Lipinski definition) is 5. The van der Waals surface area contributed by atoms with E-state index >= 15 is 0 Å². The molecule has 108 valence electrons. The maximum Gasteiger partial charge on any atom is 0.325 e. The van der Waals surface area contributed by atoms with Crippen LogP contribution in [-0.4, -0.2) is 54.0 Å². The van der Waals surface area contributed by atoms with Crippen LogP contribution < -0.4 is 21.7 Å². The van der Waals surface area contributed by atoms with Gasteiger partial charge in [0.15, 0.2) is 0 Å². The van der Waals surface area contributed by atoms with E-state index in [0.29, 0.717) is 0 Å². The van der Waals surface area contributed by atoms with Crippen LogP contribution >= 0.6 is 0 Å². The van der Waals surface area contributed by atoms with Crippen molar-refractivity contribution in [3.63, 3.8) is 0 Å². The molecule has 9 nitrogen and oxygen atoms in total. The Balaban J connectivity index is 4.11. The first kappa shape index (κ1) is 16.8. The van der Waals surface area contributed by atoms with Crippen molar-refractivity contribution in [1.82, 2.24) is 16.0 Å². The number of rotatable bonds is 7. The number of aliphatic carboxylic acids is 1. The monoisotopic (exact) mass is 274 g/mol. The quantitative estimate of drug-likeness (QED) is 0.337. The molecule has 2 atom stereocenters. The fraction of sp³-hybridized carbons (Fsp3) is 0.600. The van der Waals surface area contributed by atoms with Crippen molar-refractivity contribution in [1.29, 1.82) is 0 Å². The van der Waals surface area contributed by atoms with Crippen molar-refractivity contribution >= 4 is 23.7 Å². The second-order valence-electron chi connectivity index (χ2n) is 3.84. The Morgan fingerprint density at radius 2 is 1.63 bits per heavy atom. The zero-order valence-corrected chi connectivity index (χ0v) is 10.7. The van der Waals surface area contributed by atoms with E-state index in [1.54, 1.807) is 0 Å². The Morgan fingerprint density at radius 3 is 2.11 bits per heavy atom. The van der Waals surface area contributed by atoms with E-state index in [1.807, 2.05) is 0 Å². The van der Waals surface area contributed by atoms with Gasteiger partial charge in [-0.3, -0.25) is 19.2 Å². The highest BCUT2D eigenvalue weighted by molar-refractivity contribution is 5.91. The van der Waals surface area contributed by atoms with Gasteiger partial charge < -0.3 is 26.8 Å². The summed E-state index contributed by atoms with van der Waals surface area (Å²) in [7, 11) is 0. The maximum absolute atomic E-state index is 11.5. The van der Waals surface area contributed by atoms with Gasteiger partial charge in [0.05, 0.1) is 13.1 Å². The summed E-state index contributed by atoms with van der Waals surface area (Å²) in [5.41, 5.74) is 5.03. The van der Waals surface area contributed by atoms with Crippen molar-refractivity contribution in [3.05, 3.63) is 0 Å². The summed E-state index contributed by atoms with van der Waals surface area (Å²) in [4.78, 5) is 44.2. The molecule has 3 amide bonds. The third-order valence-corrected chi connectivity index (χ3v) is 2.13. The Labute approximate surface area is 109 Å². The van der Waals surface area contributed by atoms with Gasteiger partial charge in [-0.25, -0.2) is 0 Å². The number of carbonyl (C=O) groups excluding carboxylic acids is 3. The SMILES string of the molecule is CC(NC(=O)C(C)NC(=O)CNC(=O)CN)C(=O)O. The van der Waals surface area contributed by atoms with Crippen LogP contribution in [-0.2, 0) is 19.2 Å². The van der Waals surface area contributed by atoms with E-state index in [-0.39, 0.29) is 13.1 Å². The molecule has 6 N–H and O–H groups in total. The zero-order chi connectivity index (χ0) is 15.0. The number of nitrogens with two attached hydrogens (primary N) is 1. The van der Waals surface area contributed by atoms with Crippen molar-refractivity contribution in [3.8, 4) is 0 Å². The van der Waals surface area contributed by atoms with Crippen molar-refractivity contribution in [2.75, 3.05) is 13.1 Å². The van der Waals surface area contributed by atoms with Crippen LogP contribution in [0.25, 0.3) is 0 Å². The van der Waals surface area contributed by atoms with Crippen LogP contribution in [0.15, 0.2) is 0 Å². The maximum atomic E-state index is 11.5. The highest BCUT2D eigenvalue weighted by atomic mass is 16.4. The van der Waals surface area contributed by atoms with Crippen molar-refractivity contribution < 1.29 is 24.3 Å². The lowest BCUT2D eigenvalue weighted by Crippen LogP contribution is -2.51. The van der Waals surface area contributed by atoms with Gasteiger partial charge in [0.2, 0.25) is 17.7 Å². The molecule has 0 aliphatic heterocycles. The van der Waals surface area contributed by atoms with Crippen molar-refractivity contribution in [2.24, 2.45) is 5.73 Å². The summed E-state index contributed by atoms with van der Waals surface area (Å²) in [6.07, 6.45) is 0. The molecule has 0 fully saturated rings. The summed E-state index contributed by atoms with van der Waals surface area (Å²) in [5, 5.41) is 15.3. The van der Waals surface area contributed by atoms with Crippen LogP contribution in [0.4, 0.5) is 0 Å². The second kappa shape index (κ2) is 8.03. The number of carboxylic acid groups (broad SMARTS) is 1. The molecule has 0 aromatic heterocycles. The lowest BCUT2D eigenvalue weighted by atomic mass is 10.2. The number of hydrogen-bond donors (Lipinski definition) is 5. The molecule has 0 aromatic rings. The molecule has 9 heteroatoms. The predicted molar refractivity (Wildman–Crippen MR) is 64.9 cm³/mol. The molecule has 0 aliphatic carbocycles. The minimum Gasteiger partial charge on any atom is -0.480 e. The van der Waals surface area contributed by atoms with E-state index in [4.69, 9.17) is 10.8 Å². The Bertz CT molecular complexity index is 371. The van der Waals surface area contributed by atoms with E-state index in [9.17, 15) is 19.2 Å². The summed E-state index contributed by atoms with van der Waals surface area (Å²) in [6.45, 7) is 2.16. The van der Waals surface area contributed by atoms with Crippen molar-refractivity contribution in [2.45, 2.75) is 25.9 Å². The smallest absolute Gasteiger partial charge is 0.325 e. The van der Waals surface area contributed by atoms with Gasteiger partial charge in [0.25, 0.3) is 0 Å². The predicted octanol–water partition coefficient (Wildman–Crippen LogP) is -2.84. The molecule has 0 saturated heterocycles. The second-order valence-corrected chi connectivity index (χ2v) is 3.84. The number of carboxylic acids is 1.